The minimum atomic E-state index is 0.340. The molecule has 0 radical (unpaired) electrons. The van der Waals surface area contributed by atoms with Crippen LogP contribution in [0, 0.1) is 18.3 Å². The van der Waals surface area contributed by atoms with Gasteiger partial charge in [0.2, 0.25) is 0 Å². The molecule has 2 N–H and O–H groups in total. The lowest BCUT2D eigenvalue weighted by atomic mass is 10.1. The minimum Gasteiger partial charge on any atom is -0.460 e. The summed E-state index contributed by atoms with van der Waals surface area (Å²) in [6.07, 6.45) is 3.24. The summed E-state index contributed by atoms with van der Waals surface area (Å²) in [6.45, 7) is 1.83. The third-order valence-corrected chi connectivity index (χ3v) is 2.36. The van der Waals surface area contributed by atoms with Crippen LogP contribution in [-0.4, -0.2) is 4.98 Å². The summed E-state index contributed by atoms with van der Waals surface area (Å²) in [6, 6.07) is 9.13. The summed E-state index contributed by atoms with van der Waals surface area (Å²) < 4.78 is 5.40. The zero-order valence-electron chi connectivity index (χ0n) is 9.34. The van der Waals surface area contributed by atoms with E-state index in [0.717, 1.165) is 11.3 Å². The first-order chi connectivity index (χ1) is 8.22. The second-order valence-corrected chi connectivity index (χ2v) is 3.55. The van der Waals surface area contributed by atoms with E-state index in [1.54, 1.807) is 30.6 Å². The molecule has 4 heteroatoms. The number of hydrogen-bond acceptors (Lipinski definition) is 4. The molecule has 2 aromatic rings. The van der Waals surface area contributed by atoms with E-state index in [2.05, 4.69) is 11.1 Å². The highest BCUT2D eigenvalue weighted by Gasteiger charge is 2.10. The normalized spacial score (nSPS) is 11.8. The molecule has 0 aliphatic heterocycles. The predicted octanol–water partition coefficient (Wildman–Crippen LogP) is 2.33. The van der Waals surface area contributed by atoms with Crippen LogP contribution >= 0.6 is 0 Å². The van der Waals surface area contributed by atoms with Crippen molar-refractivity contribution in [2.24, 2.45) is 5.73 Å². The Bertz CT molecular complexity index is 591. The first-order valence-electron chi connectivity index (χ1n) is 5.09. The monoisotopic (exact) mass is 225 g/mol. The first-order valence-corrected chi connectivity index (χ1v) is 5.09. The zero-order chi connectivity index (χ0) is 12.3. The molecule has 17 heavy (non-hydrogen) atoms. The van der Waals surface area contributed by atoms with Gasteiger partial charge in [-0.05, 0) is 36.8 Å². The molecule has 0 amide bonds. The Labute approximate surface area is 99.0 Å². The Hall–Kier alpha value is -2.54. The maximum Gasteiger partial charge on any atom is 0.151 e. The SMILES string of the molecule is Cc1ccc(/C(N)=C(/C#N)c2ccncc2)o1. The number of aromatic nitrogens is 1. The highest BCUT2D eigenvalue weighted by atomic mass is 16.3. The van der Waals surface area contributed by atoms with Crippen molar-refractivity contribution in [2.45, 2.75) is 6.92 Å². The number of allylic oxidation sites excluding steroid dienone is 1. The highest BCUT2D eigenvalue weighted by Crippen LogP contribution is 2.22. The van der Waals surface area contributed by atoms with Gasteiger partial charge < -0.3 is 10.2 Å². The third-order valence-electron chi connectivity index (χ3n) is 2.36. The standard InChI is InChI=1S/C13H11N3O/c1-9-2-3-12(17-9)13(15)11(8-14)10-4-6-16-7-5-10/h2-7H,15H2,1H3/b13-11+. The third kappa shape index (κ3) is 2.18. The Morgan fingerprint density at radius 2 is 2.00 bits per heavy atom. The van der Waals surface area contributed by atoms with Gasteiger partial charge in [0, 0.05) is 12.4 Å². The molecular formula is C13H11N3O. The lowest BCUT2D eigenvalue weighted by Gasteiger charge is -2.02. The maximum atomic E-state index is 9.17. The maximum absolute atomic E-state index is 9.17. The van der Waals surface area contributed by atoms with Crippen LogP contribution in [0.1, 0.15) is 17.1 Å². The lowest BCUT2D eigenvalue weighted by molar-refractivity contribution is 0.521. The number of pyridine rings is 1. The molecule has 0 atom stereocenters. The average molecular weight is 225 g/mol. The van der Waals surface area contributed by atoms with Crippen LogP contribution in [0.3, 0.4) is 0 Å². The Balaban J connectivity index is 2.52. The molecule has 0 fully saturated rings. The van der Waals surface area contributed by atoms with E-state index in [1.165, 1.54) is 0 Å². The van der Waals surface area contributed by atoms with Crippen molar-refractivity contribution < 1.29 is 4.42 Å². The quantitative estimate of drug-likeness (QED) is 0.796. The smallest absolute Gasteiger partial charge is 0.151 e. The molecule has 0 bridgehead atoms. The van der Waals surface area contributed by atoms with E-state index in [4.69, 9.17) is 15.4 Å². The van der Waals surface area contributed by atoms with Crippen LogP contribution in [0.15, 0.2) is 41.1 Å². The predicted molar refractivity (Wildman–Crippen MR) is 64.3 cm³/mol. The largest absolute Gasteiger partial charge is 0.460 e. The molecule has 2 rings (SSSR count). The molecule has 84 valence electrons. The van der Waals surface area contributed by atoms with Gasteiger partial charge >= 0.3 is 0 Å². The van der Waals surface area contributed by atoms with Gasteiger partial charge in [-0.1, -0.05) is 0 Å². The summed E-state index contributed by atoms with van der Waals surface area (Å²) in [5, 5.41) is 9.17. The van der Waals surface area contributed by atoms with E-state index in [0.29, 0.717) is 17.0 Å². The second kappa shape index (κ2) is 4.54. The number of furan rings is 1. The van der Waals surface area contributed by atoms with E-state index >= 15 is 0 Å². The zero-order valence-corrected chi connectivity index (χ0v) is 9.34. The number of aryl methyl sites for hydroxylation is 1. The van der Waals surface area contributed by atoms with Gasteiger partial charge in [0.15, 0.2) is 5.76 Å². The fourth-order valence-corrected chi connectivity index (χ4v) is 1.50. The van der Waals surface area contributed by atoms with E-state index in [1.807, 2.05) is 13.0 Å². The summed E-state index contributed by atoms with van der Waals surface area (Å²) in [5.74, 6) is 1.27. The van der Waals surface area contributed by atoms with Gasteiger partial charge in [0.05, 0.1) is 11.3 Å². The minimum absolute atomic E-state index is 0.340. The van der Waals surface area contributed by atoms with Crippen LogP contribution in [-0.2, 0) is 0 Å². The van der Waals surface area contributed by atoms with Gasteiger partial charge in [0.1, 0.15) is 11.8 Å². The highest BCUT2D eigenvalue weighted by molar-refractivity contribution is 5.94. The molecule has 0 saturated heterocycles. The van der Waals surface area contributed by atoms with Crippen LogP contribution in [0.25, 0.3) is 11.3 Å². The molecular weight excluding hydrogens is 214 g/mol. The molecule has 0 aliphatic carbocycles. The fraction of sp³-hybridized carbons (Fsp3) is 0.0769. The Morgan fingerprint density at radius 3 is 2.53 bits per heavy atom. The molecule has 0 unspecified atom stereocenters. The number of rotatable bonds is 2. The van der Waals surface area contributed by atoms with Gasteiger partial charge in [0.25, 0.3) is 0 Å². The van der Waals surface area contributed by atoms with Crippen molar-refractivity contribution >= 4 is 11.3 Å². The van der Waals surface area contributed by atoms with Gasteiger partial charge in [-0.2, -0.15) is 5.26 Å². The van der Waals surface area contributed by atoms with Crippen molar-refractivity contribution in [1.29, 1.82) is 5.26 Å². The number of nitriles is 1. The average Bonchev–Trinajstić information content (AvgIpc) is 2.78. The van der Waals surface area contributed by atoms with Gasteiger partial charge in [-0.3, -0.25) is 4.98 Å². The number of hydrogen-bond donors (Lipinski definition) is 1. The summed E-state index contributed by atoms with van der Waals surface area (Å²) in [4.78, 5) is 3.90. The van der Waals surface area contributed by atoms with Gasteiger partial charge in [-0.25, -0.2) is 0 Å². The summed E-state index contributed by atoms with van der Waals surface area (Å²) in [5.41, 5.74) is 7.40. The lowest BCUT2D eigenvalue weighted by Crippen LogP contribution is -1.99. The van der Waals surface area contributed by atoms with Crippen molar-refractivity contribution in [3.8, 4) is 6.07 Å². The fourth-order valence-electron chi connectivity index (χ4n) is 1.50. The topological polar surface area (TPSA) is 75.8 Å². The van der Waals surface area contributed by atoms with Crippen LogP contribution in [0.2, 0.25) is 0 Å². The molecule has 0 aromatic carbocycles. The Morgan fingerprint density at radius 1 is 1.29 bits per heavy atom. The Kier molecular flexibility index (Phi) is 2.93. The molecule has 2 heterocycles. The second-order valence-electron chi connectivity index (χ2n) is 3.55. The van der Waals surface area contributed by atoms with Crippen molar-refractivity contribution in [2.75, 3.05) is 0 Å². The van der Waals surface area contributed by atoms with Crippen molar-refractivity contribution in [3.63, 3.8) is 0 Å². The van der Waals surface area contributed by atoms with E-state index in [-0.39, 0.29) is 0 Å². The summed E-state index contributed by atoms with van der Waals surface area (Å²) >= 11 is 0. The van der Waals surface area contributed by atoms with E-state index < -0.39 is 0 Å². The summed E-state index contributed by atoms with van der Waals surface area (Å²) in [7, 11) is 0. The molecule has 0 spiro atoms. The number of nitrogens with zero attached hydrogens (tertiary/aromatic N) is 2. The van der Waals surface area contributed by atoms with Crippen molar-refractivity contribution in [1.82, 2.24) is 4.98 Å². The van der Waals surface area contributed by atoms with Gasteiger partial charge in [-0.15, -0.1) is 0 Å². The molecule has 0 saturated carbocycles. The van der Waals surface area contributed by atoms with Crippen LogP contribution in [0.5, 0.6) is 0 Å². The van der Waals surface area contributed by atoms with E-state index in [9.17, 15) is 0 Å². The van der Waals surface area contributed by atoms with Crippen LogP contribution < -0.4 is 5.73 Å². The molecule has 0 aliphatic rings. The van der Waals surface area contributed by atoms with Crippen molar-refractivity contribution in [3.05, 3.63) is 53.7 Å². The van der Waals surface area contributed by atoms with Crippen LogP contribution in [0.4, 0.5) is 0 Å². The number of nitrogens with two attached hydrogens (primary N) is 1. The molecule has 2 aromatic heterocycles. The first kappa shape index (κ1) is 11.0. The molecule has 4 nitrogen and oxygen atoms in total.